The first-order valence-electron chi connectivity index (χ1n) is 13.9. The van der Waals surface area contributed by atoms with Gasteiger partial charge >= 0.3 is 6.11 Å². The van der Waals surface area contributed by atoms with Gasteiger partial charge in [-0.2, -0.15) is 8.78 Å². The topological polar surface area (TPSA) is 9.23 Å². The van der Waals surface area contributed by atoms with Crippen LogP contribution in [0.15, 0.2) is 36.4 Å². The van der Waals surface area contributed by atoms with Gasteiger partial charge in [-0.1, -0.05) is 70.6 Å². The Hall–Kier alpha value is -1.88. The van der Waals surface area contributed by atoms with Crippen LogP contribution >= 0.6 is 0 Å². The molecule has 0 aliphatic heterocycles. The summed E-state index contributed by atoms with van der Waals surface area (Å²) in [5.41, 5.74) is 0.849. The number of ether oxygens (including phenoxy) is 1. The predicted octanol–water partition coefficient (Wildman–Crippen LogP) is 10.4. The van der Waals surface area contributed by atoms with Crippen molar-refractivity contribution in [2.75, 3.05) is 0 Å². The summed E-state index contributed by atoms with van der Waals surface area (Å²) in [6.45, 7) is 5.67. The molecule has 1 saturated carbocycles. The highest BCUT2D eigenvalue weighted by molar-refractivity contribution is 5.30. The lowest BCUT2D eigenvalue weighted by Crippen LogP contribution is -2.23. The minimum atomic E-state index is -3.87. The van der Waals surface area contributed by atoms with Crippen molar-refractivity contribution in [2.24, 2.45) is 5.92 Å². The van der Waals surface area contributed by atoms with Crippen molar-refractivity contribution in [3.05, 3.63) is 70.3 Å². The number of rotatable bonds is 13. The molecule has 1 unspecified atom stereocenters. The summed E-state index contributed by atoms with van der Waals surface area (Å²) in [5.74, 6) is -0.619. The van der Waals surface area contributed by atoms with Gasteiger partial charge in [-0.25, -0.2) is 8.78 Å². The highest BCUT2D eigenvalue weighted by Crippen LogP contribution is 2.41. The van der Waals surface area contributed by atoms with Crippen LogP contribution in [0.25, 0.3) is 0 Å². The minimum Gasteiger partial charge on any atom is -0.308 e. The van der Waals surface area contributed by atoms with E-state index in [9.17, 15) is 17.6 Å². The molecule has 1 atom stereocenters. The standard InChI is InChI=1S/C31H42F4O/c1-4-6-8-10-23-12-15-25(16-13-23)26-17-19-28(30(33)21-26)31(34,35)36-22(3)27-18-14-24(20-29(27)32)11-9-7-5-2/h14,17-23,25H,4-13,15-16H2,1-3H3. The van der Waals surface area contributed by atoms with Crippen LogP contribution in [0.3, 0.4) is 0 Å². The second kappa shape index (κ2) is 13.6. The van der Waals surface area contributed by atoms with Gasteiger partial charge in [0.05, 0.1) is 11.7 Å². The van der Waals surface area contributed by atoms with Crippen molar-refractivity contribution < 1.29 is 22.3 Å². The molecule has 0 N–H and O–H groups in total. The lowest BCUT2D eigenvalue weighted by molar-refractivity contribution is -0.273. The van der Waals surface area contributed by atoms with E-state index in [2.05, 4.69) is 13.8 Å². The second-order valence-electron chi connectivity index (χ2n) is 10.5. The zero-order valence-corrected chi connectivity index (χ0v) is 22.1. The number of alkyl halides is 2. The summed E-state index contributed by atoms with van der Waals surface area (Å²) in [4.78, 5) is 0. The summed E-state index contributed by atoms with van der Waals surface area (Å²) in [7, 11) is 0. The number of aryl methyl sites for hydroxylation is 1. The Morgan fingerprint density at radius 1 is 0.861 bits per heavy atom. The predicted molar refractivity (Wildman–Crippen MR) is 138 cm³/mol. The maximum Gasteiger partial charge on any atom is 0.386 e. The van der Waals surface area contributed by atoms with Crippen molar-refractivity contribution >= 4 is 0 Å². The molecule has 1 fully saturated rings. The molecule has 2 aromatic carbocycles. The molecular weight excluding hydrogens is 464 g/mol. The second-order valence-corrected chi connectivity index (χ2v) is 10.5. The van der Waals surface area contributed by atoms with Gasteiger partial charge in [-0.15, -0.1) is 0 Å². The third-order valence-electron chi connectivity index (χ3n) is 7.74. The van der Waals surface area contributed by atoms with Gasteiger partial charge in [0.15, 0.2) is 0 Å². The number of halogens is 4. The van der Waals surface area contributed by atoms with Gasteiger partial charge in [-0.05, 0) is 86.6 Å². The summed E-state index contributed by atoms with van der Waals surface area (Å²) >= 11 is 0. The van der Waals surface area contributed by atoms with E-state index in [1.54, 1.807) is 12.1 Å². The highest BCUT2D eigenvalue weighted by Gasteiger charge is 2.39. The van der Waals surface area contributed by atoms with Crippen LogP contribution in [0.1, 0.15) is 126 Å². The van der Waals surface area contributed by atoms with Crippen LogP contribution in [0.4, 0.5) is 17.6 Å². The van der Waals surface area contributed by atoms with E-state index in [4.69, 9.17) is 4.74 Å². The Morgan fingerprint density at radius 2 is 1.56 bits per heavy atom. The Balaban J connectivity index is 1.61. The van der Waals surface area contributed by atoms with Gasteiger partial charge in [0.2, 0.25) is 0 Å². The molecule has 1 aliphatic carbocycles. The quantitative estimate of drug-likeness (QED) is 0.194. The minimum absolute atomic E-state index is 0.0432. The van der Waals surface area contributed by atoms with E-state index in [1.807, 2.05) is 0 Å². The molecule has 1 aliphatic rings. The largest absolute Gasteiger partial charge is 0.386 e. The molecule has 0 amide bonds. The molecule has 2 aromatic rings. The number of unbranched alkanes of at least 4 members (excludes halogenated alkanes) is 4. The molecule has 0 saturated heterocycles. The van der Waals surface area contributed by atoms with E-state index in [1.165, 1.54) is 50.8 Å². The lowest BCUT2D eigenvalue weighted by atomic mass is 9.77. The van der Waals surface area contributed by atoms with Crippen molar-refractivity contribution in [1.82, 2.24) is 0 Å². The third-order valence-corrected chi connectivity index (χ3v) is 7.74. The van der Waals surface area contributed by atoms with Gasteiger partial charge in [-0.3, -0.25) is 0 Å². The van der Waals surface area contributed by atoms with Crippen molar-refractivity contribution in [2.45, 2.75) is 116 Å². The van der Waals surface area contributed by atoms with Crippen LogP contribution in [0, 0.1) is 17.6 Å². The van der Waals surface area contributed by atoms with Crippen LogP contribution in [0.2, 0.25) is 0 Å². The summed E-state index contributed by atoms with van der Waals surface area (Å²) in [5, 5.41) is 0. The summed E-state index contributed by atoms with van der Waals surface area (Å²) < 4.78 is 64.4. The fraction of sp³-hybridized carbons (Fsp3) is 0.613. The molecule has 36 heavy (non-hydrogen) atoms. The van der Waals surface area contributed by atoms with Crippen LogP contribution in [-0.2, 0) is 17.3 Å². The van der Waals surface area contributed by atoms with Crippen LogP contribution < -0.4 is 0 Å². The SMILES string of the molecule is CCCCCc1ccc(C(C)OC(F)(F)c2ccc(C3CCC(CCCCC)CC3)cc2F)c(F)c1. The van der Waals surface area contributed by atoms with E-state index >= 15 is 0 Å². The molecule has 1 nitrogen and oxygen atoms in total. The fourth-order valence-electron chi connectivity index (χ4n) is 5.47. The van der Waals surface area contributed by atoms with Crippen molar-refractivity contribution in [1.29, 1.82) is 0 Å². The molecule has 0 radical (unpaired) electrons. The van der Waals surface area contributed by atoms with Crippen LogP contribution in [0.5, 0.6) is 0 Å². The van der Waals surface area contributed by atoms with Gasteiger partial charge < -0.3 is 4.74 Å². The monoisotopic (exact) mass is 506 g/mol. The lowest BCUT2D eigenvalue weighted by Gasteiger charge is -2.29. The fourth-order valence-corrected chi connectivity index (χ4v) is 5.47. The first kappa shape index (κ1) is 28.7. The molecule has 5 heteroatoms. The van der Waals surface area contributed by atoms with Crippen LogP contribution in [-0.4, -0.2) is 0 Å². The van der Waals surface area contributed by atoms with E-state index < -0.39 is 29.4 Å². The Bertz CT molecular complexity index is 950. The average Bonchev–Trinajstić information content (AvgIpc) is 2.84. The van der Waals surface area contributed by atoms with E-state index in [0.717, 1.165) is 74.5 Å². The van der Waals surface area contributed by atoms with Crippen molar-refractivity contribution in [3.8, 4) is 0 Å². The van der Waals surface area contributed by atoms with E-state index in [0.29, 0.717) is 0 Å². The summed E-state index contributed by atoms with van der Waals surface area (Å²) in [6.07, 6.45) is 7.86. The Kier molecular flexibility index (Phi) is 10.8. The third kappa shape index (κ3) is 7.81. The zero-order valence-electron chi connectivity index (χ0n) is 22.1. The molecule has 3 rings (SSSR count). The normalized spacial score (nSPS) is 19.4. The zero-order chi connectivity index (χ0) is 26.1. The molecule has 0 bridgehead atoms. The van der Waals surface area contributed by atoms with Gasteiger partial charge in [0, 0.05) is 5.56 Å². The first-order valence-corrected chi connectivity index (χ1v) is 13.9. The Labute approximate surface area is 214 Å². The molecular formula is C31H42F4O. The average molecular weight is 507 g/mol. The maximum atomic E-state index is 15.0. The van der Waals surface area contributed by atoms with E-state index in [-0.39, 0.29) is 11.5 Å². The number of hydrogen-bond donors (Lipinski definition) is 0. The van der Waals surface area contributed by atoms with Gasteiger partial charge in [0.1, 0.15) is 11.6 Å². The molecule has 0 heterocycles. The number of benzene rings is 2. The Morgan fingerprint density at radius 3 is 2.19 bits per heavy atom. The molecule has 0 aromatic heterocycles. The van der Waals surface area contributed by atoms with Gasteiger partial charge in [0.25, 0.3) is 0 Å². The number of hydrogen-bond acceptors (Lipinski definition) is 1. The molecule has 0 spiro atoms. The molecule has 200 valence electrons. The first-order chi connectivity index (χ1) is 17.2. The smallest absolute Gasteiger partial charge is 0.308 e. The van der Waals surface area contributed by atoms with Crippen molar-refractivity contribution in [3.63, 3.8) is 0 Å². The highest BCUT2D eigenvalue weighted by atomic mass is 19.3. The summed E-state index contributed by atoms with van der Waals surface area (Å²) in [6, 6.07) is 8.61. The maximum absolute atomic E-state index is 15.0.